The smallest absolute Gasteiger partial charge is 0.251 e. The quantitative estimate of drug-likeness (QED) is 0.879. The largest absolute Gasteiger partial charge is 0.470 e. The zero-order chi connectivity index (χ0) is 17.8. The van der Waals surface area contributed by atoms with Gasteiger partial charge in [-0.25, -0.2) is 9.97 Å². The van der Waals surface area contributed by atoms with Gasteiger partial charge in [0.15, 0.2) is 0 Å². The molecule has 1 N–H and O–H groups in total. The first-order valence-electron chi connectivity index (χ1n) is 8.24. The van der Waals surface area contributed by atoms with E-state index in [2.05, 4.69) is 20.2 Å². The van der Waals surface area contributed by atoms with Crippen LogP contribution in [0.2, 0.25) is 0 Å². The Morgan fingerprint density at radius 2 is 2.24 bits per heavy atom. The maximum Gasteiger partial charge on any atom is 0.251 e. The molecule has 130 valence electrons. The Balaban J connectivity index is 1.54. The third-order valence-corrected chi connectivity index (χ3v) is 4.42. The third-order valence-electron chi connectivity index (χ3n) is 4.42. The minimum atomic E-state index is -0.162. The number of nitrogens with one attached hydrogen (secondary N) is 1. The molecule has 1 fully saturated rings. The number of likely N-dealkylation sites (tertiary alicyclic amines) is 1. The highest BCUT2D eigenvalue weighted by Gasteiger charge is 2.28. The molecule has 0 aliphatic carbocycles. The second-order valence-corrected chi connectivity index (χ2v) is 6.10. The molecule has 0 aromatic carbocycles. The predicted octanol–water partition coefficient (Wildman–Crippen LogP) is 1.30. The highest BCUT2D eigenvalue weighted by atomic mass is 16.5. The fourth-order valence-electron chi connectivity index (χ4n) is 3.03. The van der Waals surface area contributed by atoms with E-state index in [4.69, 9.17) is 10.00 Å². The maximum atomic E-state index is 12.4. The molecule has 25 heavy (non-hydrogen) atoms. The van der Waals surface area contributed by atoms with Gasteiger partial charge in [0.1, 0.15) is 12.2 Å². The lowest BCUT2D eigenvalue weighted by molar-refractivity contribution is -0.130. The second kappa shape index (κ2) is 7.30. The summed E-state index contributed by atoms with van der Waals surface area (Å²) in [6.07, 6.45) is 4.63. The normalized spacial score (nSPS) is 16.7. The SMILES string of the molecule is Cc1n[nH]c(C)c1CCC(=O)N1CCC(Oc2nccnc2C#N)C1. The van der Waals surface area contributed by atoms with Crippen LogP contribution in [-0.4, -0.2) is 50.2 Å². The van der Waals surface area contributed by atoms with Crippen LogP contribution in [0.1, 0.15) is 35.5 Å². The number of aromatic amines is 1. The molecule has 2 aromatic rings. The molecule has 3 heterocycles. The number of aromatic nitrogens is 4. The fraction of sp³-hybridized carbons (Fsp3) is 0.471. The molecular weight excluding hydrogens is 320 g/mol. The van der Waals surface area contributed by atoms with Crippen LogP contribution in [0.5, 0.6) is 5.88 Å². The monoisotopic (exact) mass is 340 g/mol. The van der Waals surface area contributed by atoms with Gasteiger partial charge < -0.3 is 9.64 Å². The molecule has 3 rings (SSSR count). The van der Waals surface area contributed by atoms with Crippen molar-refractivity contribution in [1.29, 1.82) is 5.26 Å². The van der Waals surface area contributed by atoms with Crippen molar-refractivity contribution in [1.82, 2.24) is 25.1 Å². The second-order valence-electron chi connectivity index (χ2n) is 6.10. The molecule has 0 bridgehead atoms. The van der Waals surface area contributed by atoms with Crippen molar-refractivity contribution < 1.29 is 9.53 Å². The predicted molar refractivity (Wildman–Crippen MR) is 88.7 cm³/mol. The summed E-state index contributed by atoms with van der Waals surface area (Å²) in [4.78, 5) is 22.2. The van der Waals surface area contributed by atoms with Crippen molar-refractivity contribution >= 4 is 5.91 Å². The standard InChI is InChI=1S/C17H20N6O2/c1-11-14(12(2)22-21-11)3-4-16(24)23-8-5-13(10-23)25-17-15(9-18)19-6-7-20-17/h6-7,13H,3-5,8,10H2,1-2H3,(H,21,22). The van der Waals surface area contributed by atoms with Crippen molar-refractivity contribution in [2.75, 3.05) is 13.1 Å². The molecule has 1 atom stereocenters. The van der Waals surface area contributed by atoms with Crippen LogP contribution in [-0.2, 0) is 11.2 Å². The summed E-state index contributed by atoms with van der Waals surface area (Å²) in [5.74, 6) is 0.333. The highest BCUT2D eigenvalue weighted by Crippen LogP contribution is 2.20. The van der Waals surface area contributed by atoms with Gasteiger partial charge in [-0.3, -0.25) is 9.89 Å². The molecule has 1 aliphatic heterocycles. The van der Waals surface area contributed by atoms with Crippen LogP contribution in [0.25, 0.3) is 0 Å². The van der Waals surface area contributed by atoms with Gasteiger partial charge in [-0.2, -0.15) is 10.4 Å². The van der Waals surface area contributed by atoms with Gasteiger partial charge in [0.2, 0.25) is 11.6 Å². The van der Waals surface area contributed by atoms with E-state index in [9.17, 15) is 4.79 Å². The molecule has 1 aliphatic rings. The number of hydrogen-bond acceptors (Lipinski definition) is 6. The lowest BCUT2D eigenvalue weighted by Gasteiger charge is -2.17. The first-order valence-corrected chi connectivity index (χ1v) is 8.24. The Morgan fingerprint density at radius 3 is 2.96 bits per heavy atom. The van der Waals surface area contributed by atoms with E-state index in [1.807, 2.05) is 19.9 Å². The summed E-state index contributed by atoms with van der Waals surface area (Å²) in [5.41, 5.74) is 3.23. The Morgan fingerprint density at radius 1 is 1.44 bits per heavy atom. The number of aryl methyl sites for hydroxylation is 2. The first-order chi connectivity index (χ1) is 12.1. The average Bonchev–Trinajstić information content (AvgIpc) is 3.21. The zero-order valence-electron chi connectivity index (χ0n) is 14.3. The number of nitriles is 1. The number of H-pyrrole nitrogens is 1. The summed E-state index contributed by atoms with van der Waals surface area (Å²) >= 11 is 0. The Hall–Kier alpha value is -2.95. The summed E-state index contributed by atoms with van der Waals surface area (Å²) in [6, 6.07) is 1.96. The van der Waals surface area contributed by atoms with Gasteiger partial charge >= 0.3 is 0 Å². The topological polar surface area (TPSA) is 108 Å². The summed E-state index contributed by atoms with van der Waals surface area (Å²) < 4.78 is 5.76. The van der Waals surface area contributed by atoms with E-state index < -0.39 is 0 Å². The molecule has 8 nitrogen and oxygen atoms in total. The lowest BCUT2D eigenvalue weighted by Crippen LogP contribution is -2.31. The Bertz CT molecular complexity index is 790. The van der Waals surface area contributed by atoms with Crippen LogP contribution in [0, 0.1) is 25.2 Å². The van der Waals surface area contributed by atoms with Crippen molar-refractivity contribution in [2.24, 2.45) is 0 Å². The number of rotatable bonds is 5. The van der Waals surface area contributed by atoms with E-state index in [1.165, 1.54) is 12.4 Å². The fourth-order valence-corrected chi connectivity index (χ4v) is 3.03. The average molecular weight is 340 g/mol. The number of nitrogens with zero attached hydrogens (tertiary/aromatic N) is 5. The van der Waals surface area contributed by atoms with Crippen molar-refractivity contribution in [3.63, 3.8) is 0 Å². The number of ether oxygens (including phenoxy) is 1. The van der Waals surface area contributed by atoms with E-state index in [1.54, 1.807) is 4.90 Å². The Labute approximate surface area is 145 Å². The minimum Gasteiger partial charge on any atom is -0.470 e. The van der Waals surface area contributed by atoms with Gasteiger partial charge in [-0.15, -0.1) is 0 Å². The number of hydrogen-bond donors (Lipinski definition) is 1. The molecule has 0 radical (unpaired) electrons. The van der Waals surface area contributed by atoms with Crippen LogP contribution in [0.3, 0.4) is 0 Å². The summed E-state index contributed by atoms with van der Waals surface area (Å²) in [7, 11) is 0. The van der Waals surface area contributed by atoms with E-state index in [0.717, 1.165) is 23.4 Å². The van der Waals surface area contributed by atoms with Gasteiger partial charge in [-0.05, 0) is 25.8 Å². The molecule has 1 unspecified atom stereocenters. The molecular formula is C17H20N6O2. The van der Waals surface area contributed by atoms with Crippen LogP contribution in [0.15, 0.2) is 12.4 Å². The number of carbonyl (C=O) groups excluding carboxylic acids is 1. The minimum absolute atomic E-state index is 0.103. The number of amides is 1. The van der Waals surface area contributed by atoms with E-state index in [0.29, 0.717) is 25.9 Å². The first kappa shape index (κ1) is 16.9. The van der Waals surface area contributed by atoms with Crippen LogP contribution < -0.4 is 4.74 Å². The van der Waals surface area contributed by atoms with Gasteiger partial charge in [0.05, 0.1) is 12.2 Å². The molecule has 0 spiro atoms. The third kappa shape index (κ3) is 3.76. The summed E-state index contributed by atoms with van der Waals surface area (Å²) in [5, 5.41) is 16.1. The number of carbonyl (C=O) groups is 1. The zero-order valence-corrected chi connectivity index (χ0v) is 14.3. The van der Waals surface area contributed by atoms with Crippen molar-refractivity contribution in [3.05, 3.63) is 35.0 Å². The van der Waals surface area contributed by atoms with Crippen molar-refractivity contribution in [2.45, 2.75) is 39.2 Å². The van der Waals surface area contributed by atoms with Gasteiger partial charge in [0.25, 0.3) is 5.88 Å². The maximum absolute atomic E-state index is 12.4. The Kier molecular flexibility index (Phi) is 4.93. The molecule has 1 amide bonds. The van der Waals surface area contributed by atoms with E-state index in [-0.39, 0.29) is 23.6 Å². The molecule has 2 aromatic heterocycles. The molecule has 0 saturated carbocycles. The molecule has 8 heteroatoms. The van der Waals surface area contributed by atoms with Crippen LogP contribution >= 0.6 is 0 Å². The molecule has 1 saturated heterocycles. The van der Waals surface area contributed by atoms with E-state index >= 15 is 0 Å². The lowest BCUT2D eigenvalue weighted by atomic mass is 10.1. The summed E-state index contributed by atoms with van der Waals surface area (Å²) in [6.45, 7) is 5.06. The van der Waals surface area contributed by atoms with Crippen molar-refractivity contribution in [3.8, 4) is 11.9 Å². The highest BCUT2D eigenvalue weighted by molar-refractivity contribution is 5.76. The van der Waals surface area contributed by atoms with Gasteiger partial charge in [0, 0.05) is 37.5 Å². The van der Waals surface area contributed by atoms with Crippen LogP contribution in [0.4, 0.5) is 0 Å². The van der Waals surface area contributed by atoms with Gasteiger partial charge in [-0.1, -0.05) is 0 Å².